The lowest BCUT2D eigenvalue weighted by molar-refractivity contribution is 0.0686. The first kappa shape index (κ1) is 13.9. The Balaban J connectivity index is 2.08. The van der Waals surface area contributed by atoms with E-state index in [-0.39, 0.29) is 22.3 Å². The van der Waals surface area contributed by atoms with Crippen LogP contribution in [0.1, 0.15) is 62.0 Å². The zero-order valence-electron chi connectivity index (χ0n) is 11.6. The molecule has 0 spiro atoms. The molecule has 1 aliphatic carbocycles. The topological polar surface area (TPSA) is 67.3 Å². The molecule has 0 saturated carbocycles. The number of nitrogens with zero attached hydrogens (tertiary/aromatic N) is 1. The fourth-order valence-corrected chi connectivity index (χ4v) is 3.99. The maximum Gasteiger partial charge on any atom is 0.356 e. The van der Waals surface area contributed by atoms with Gasteiger partial charge in [0.25, 0.3) is 0 Å². The van der Waals surface area contributed by atoms with Gasteiger partial charge < -0.3 is 5.11 Å². The molecule has 4 nitrogen and oxygen atoms in total. The van der Waals surface area contributed by atoms with Gasteiger partial charge in [0.2, 0.25) is 0 Å². The van der Waals surface area contributed by atoms with E-state index in [2.05, 4.69) is 17.1 Å². The summed E-state index contributed by atoms with van der Waals surface area (Å²) in [7, 11) is 0. The van der Waals surface area contributed by atoms with Gasteiger partial charge in [-0.3, -0.25) is 4.79 Å². The van der Waals surface area contributed by atoms with Crippen LogP contribution in [0, 0.1) is 0 Å². The molecule has 1 atom stereocenters. The highest BCUT2D eigenvalue weighted by Gasteiger charge is 2.28. The Morgan fingerprint density at radius 1 is 1.33 bits per heavy atom. The molecule has 0 aliphatic heterocycles. The first-order valence-electron chi connectivity index (χ1n) is 6.90. The van der Waals surface area contributed by atoms with E-state index < -0.39 is 5.97 Å². The Morgan fingerprint density at radius 2 is 2.10 bits per heavy atom. The summed E-state index contributed by atoms with van der Waals surface area (Å²) in [5.74, 6) is -1.27. The number of Topliss-reactive ketones (excluding diaryl/α,β-unsaturated/α-hetero) is 1. The molecule has 3 rings (SSSR count). The van der Waals surface area contributed by atoms with E-state index in [9.17, 15) is 14.7 Å². The van der Waals surface area contributed by atoms with Crippen molar-refractivity contribution >= 4 is 23.1 Å². The molecule has 1 N–H and O–H groups in total. The number of aromatic nitrogens is 1. The number of hydrogen-bond donors (Lipinski definition) is 1. The van der Waals surface area contributed by atoms with E-state index in [1.54, 1.807) is 0 Å². The van der Waals surface area contributed by atoms with Crippen molar-refractivity contribution in [3.8, 4) is 0 Å². The van der Waals surface area contributed by atoms with Crippen LogP contribution in [-0.4, -0.2) is 21.8 Å². The quantitative estimate of drug-likeness (QED) is 0.881. The van der Waals surface area contributed by atoms with Crippen molar-refractivity contribution in [3.05, 3.63) is 51.0 Å². The summed E-state index contributed by atoms with van der Waals surface area (Å²) in [6.45, 7) is 1.39. The number of fused-ring (bicyclic) bond motifs is 1. The molecule has 5 heteroatoms. The Kier molecular flexibility index (Phi) is 3.59. The average Bonchev–Trinajstić information content (AvgIpc) is 2.92. The van der Waals surface area contributed by atoms with Gasteiger partial charge in [-0.15, -0.1) is 11.3 Å². The standard InChI is InChI=1S/C16H15NO3S/c1-9(18)14-13(16(19)20)17-15(21-14)12-8-4-6-10-5-2-3-7-11(10)12/h2-3,5,7,12H,4,6,8H2,1H3,(H,19,20). The van der Waals surface area contributed by atoms with Gasteiger partial charge in [-0.05, 0) is 30.4 Å². The molecule has 21 heavy (non-hydrogen) atoms. The molecule has 0 radical (unpaired) electrons. The summed E-state index contributed by atoms with van der Waals surface area (Å²) >= 11 is 1.22. The minimum absolute atomic E-state index is 0.103. The number of ketones is 1. The number of carboxylic acids is 1. The van der Waals surface area contributed by atoms with Crippen LogP contribution in [0.3, 0.4) is 0 Å². The van der Waals surface area contributed by atoms with Crippen LogP contribution >= 0.6 is 11.3 Å². The number of benzene rings is 1. The van der Waals surface area contributed by atoms with Crippen molar-refractivity contribution in [1.29, 1.82) is 0 Å². The van der Waals surface area contributed by atoms with Crippen molar-refractivity contribution in [2.45, 2.75) is 32.1 Å². The number of carboxylic acid groups (broad SMARTS) is 1. The third kappa shape index (κ3) is 2.49. The fourth-order valence-electron chi connectivity index (χ4n) is 2.88. The van der Waals surface area contributed by atoms with Crippen LogP contribution in [0.2, 0.25) is 0 Å². The number of rotatable bonds is 3. The van der Waals surface area contributed by atoms with Crippen LogP contribution in [0.4, 0.5) is 0 Å². The van der Waals surface area contributed by atoms with Gasteiger partial charge in [-0.1, -0.05) is 24.3 Å². The second-order valence-corrected chi connectivity index (χ2v) is 6.27. The fraction of sp³-hybridized carbons (Fsp3) is 0.312. The first-order chi connectivity index (χ1) is 10.1. The summed E-state index contributed by atoms with van der Waals surface area (Å²) in [5.41, 5.74) is 2.40. The molecule has 0 saturated heterocycles. The van der Waals surface area contributed by atoms with Crippen molar-refractivity contribution in [2.24, 2.45) is 0 Å². The molecule has 1 aliphatic rings. The Labute approximate surface area is 126 Å². The monoisotopic (exact) mass is 301 g/mol. The minimum atomic E-state index is -1.13. The lowest BCUT2D eigenvalue weighted by Gasteiger charge is -2.23. The second-order valence-electron chi connectivity index (χ2n) is 5.23. The van der Waals surface area contributed by atoms with E-state index in [0.29, 0.717) is 0 Å². The zero-order valence-corrected chi connectivity index (χ0v) is 12.4. The van der Waals surface area contributed by atoms with Crippen molar-refractivity contribution in [2.75, 3.05) is 0 Å². The van der Waals surface area contributed by atoms with Crippen LogP contribution in [0.15, 0.2) is 24.3 Å². The molecule has 2 aromatic rings. The smallest absolute Gasteiger partial charge is 0.356 e. The zero-order chi connectivity index (χ0) is 15.0. The van der Waals surface area contributed by atoms with E-state index in [4.69, 9.17) is 0 Å². The molecule has 1 aromatic heterocycles. The number of carbonyl (C=O) groups is 2. The summed E-state index contributed by atoms with van der Waals surface area (Å²) in [6, 6.07) is 8.20. The lowest BCUT2D eigenvalue weighted by atomic mass is 9.83. The predicted molar refractivity (Wildman–Crippen MR) is 80.3 cm³/mol. The van der Waals surface area contributed by atoms with Crippen molar-refractivity contribution in [1.82, 2.24) is 4.98 Å². The molecule has 0 bridgehead atoms. The van der Waals surface area contributed by atoms with Gasteiger partial charge in [0, 0.05) is 12.8 Å². The largest absolute Gasteiger partial charge is 0.476 e. The third-order valence-electron chi connectivity index (χ3n) is 3.83. The SMILES string of the molecule is CC(=O)c1sc(C2CCCc3ccccc32)nc1C(=O)O. The molecule has 0 amide bonds. The number of hydrogen-bond acceptors (Lipinski definition) is 4. The van der Waals surface area contributed by atoms with Gasteiger partial charge in [0.15, 0.2) is 11.5 Å². The van der Waals surface area contributed by atoms with E-state index in [0.717, 1.165) is 24.3 Å². The molecular formula is C16H15NO3S. The van der Waals surface area contributed by atoms with Crippen LogP contribution in [0.5, 0.6) is 0 Å². The maximum atomic E-state index is 11.6. The number of thiazole rings is 1. The summed E-state index contributed by atoms with van der Waals surface area (Å²) in [5, 5.41) is 9.95. The Morgan fingerprint density at radius 3 is 2.76 bits per heavy atom. The molecule has 108 valence electrons. The highest BCUT2D eigenvalue weighted by molar-refractivity contribution is 7.14. The van der Waals surface area contributed by atoms with Crippen molar-refractivity contribution in [3.63, 3.8) is 0 Å². The highest BCUT2D eigenvalue weighted by atomic mass is 32.1. The van der Waals surface area contributed by atoms with Crippen LogP contribution < -0.4 is 0 Å². The molecule has 0 fully saturated rings. The second kappa shape index (κ2) is 5.41. The third-order valence-corrected chi connectivity index (χ3v) is 5.10. The van der Waals surface area contributed by atoms with E-state index >= 15 is 0 Å². The molecule has 1 aromatic carbocycles. The maximum absolute atomic E-state index is 11.6. The van der Waals surface area contributed by atoms with E-state index in [1.165, 1.54) is 29.4 Å². The average molecular weight is 301 g/mol. The first-order valence-corrected chi connectivity index (χ1v) is 7.72. The number of carbonyl (C=O) groups excluding carboxylic acids is 1. The van der Waals surface area contributed by atoms with Crippen LogP contribution in [0.25, 0.3) is 0 Å². The van der Waals surface area contributed by atoms with Gasteiger partial charge in [-0.25, -0.2) is 9.78 Å². The highest BCUT2D eigenvalue weighted by Crippen LogP contribution is 2.39. The summed E-state index contributed by atoms with van der Waals surface area (Å²) in [6.07, 6.45) is 3.05. The Bertz CT molecular complexity index is 689. The lowest BCUT2D eigenvalue weighted by Crippen LogP contribution is -2.11. The Hall–Kier alpha value is -2.01. The van der Waals surface area contributed by atoms with Crippen molar-refractivity contribution < 1.29 is 14.7 Å². The normalized spacial score (nSPS) is 17.3. The predicted octanol–water partition coefficient (Wildman–Crippen LogP) is 3.51. The number of aryl methyl sites for hydroxylation is 1. The summed E-state index contributed by atoms with van der Waals surface area (Å²) < 4.78 is 0. The molecular weight excluding hydrogens is 286 g/mol. The minimum Gasteiger partial charge on any atom is -0.476 e. The van der Waals surface area contributed by atoms with Gasteiger partial charge in [-0.2, -0.15) is 0 Å². The van der Waals surface area contributed by atoms with Gasteiger partial charge in [0.05, 0.1) is 0 Å². The van der Waals surface area contributed by atoms with Gasteiger partial charge in [0.1, 0.15) is 9.88 Å². The van der Waals surface area contributed by atoms with E-state index in [1.807, 2.05) is 12.1 Å². The van der Waals surface area contributed by atoms with Crippen LogP contribution in [-0.2, 0) is 6.42 Å². The molecule has 1 heterocycles. The van der Waals surface area contributed by atoms with Gasteiger partial charge >= 0.3 is 5.97 Å². The summed E-state index contributed by atoms with van der Waals surface area (Å²) in [4.78, 5) is 27.4. The molecule has 1 unspecified atom stereocenters. The number of aromatic carboxylic acids is 1.